The molecule has 3 aromatic rings. The van der Waals surface area contributed by atoms with Crippen LogP contribution >= 0.6 is 0 Å². The van der Waals surface area contributed by atoms with Gasteiger partial charge in [0.2, 0.25) is 5.89 Å². The van der Waals surface area contributed by atoms with Crippen LogP contribution in [0.25, 0.3) is 22.4 Å². The van der Waals surface area contributed by atoms with Crippen molar-refractivity contribution in [3.05, 3.63) is 52.9 Å². The van der Waals surface area contributed by atoms with E-state index < -0.39 is 5.63 Å². The summed E-state index contributed by atoms with van der Waals surface area (Å²) < 4.78 is 10.3. The van der Waals surface area contributed by atoms with Gasteiger partial charge in [-0.1, -0.05) is 0 Å². The number of rotatable bonds is 2. The van der Waals surface area contributed by atoms with Crippen LogP contribution in [0.2, 0.25) is 0 Å². The van der Waals surface area contributed by atoms with E-state index in [1.165, 1.54) is 12.1 Å². The second-order valence-electron chi connectivity index (χ2n) is 4.24. The van der Waals surface area contributed by atoms with Gasteiger partial charge in [0.15, 0.2) is 0 Å². The highest BCUT2D eigenvalue weighted by Gasteiger charge is 2.09. The summed E-state index contributed by atoms with van der Waals surface area (Å²) >= 11 is 0. The van der Waals surface area contributed by atoms with E-state index >= 15 is 0 Å². The molecular formula is C15H11NO4. The van der Waals surface area contributed by atoms with Crippen molar-refractivity contribution in [3.63, 3.8) is 0 Å². The lowest BCUT2D eigenvalue weighted by molar-refractivity contribution is 0.415. The summed E-state index contributed by atoms with van der Waals surface area (Å²) in [5.41, 5.74) is 0.625. The third-order valence-corrected chi connectivity index (χ3v) is 2.95. The van der Waals surface area contributed by atoms with Crippen LogP contribution < -0.4 is 10.4 Å². The third-order valence-electron chi connectivity index (χ3n) is 2.95. The van der Waals surface area contributed by atoms with Gasteiger partial charge < -0.3 is 14.3 Å². The average molecular weight is 269 g/mol. The van der Waals surface area contributed by atoms with E-state index in [2.05, 4.69) is 4.98 Å². The van der Waals surface area contributed by atoms with E-state index in [9.17, 15) is 9.90 Å². The first-order valence-corrected chi connectivity index (χ1v) is 5.95. The van der Waals surface area contributed by atoms with Crippen molar-refractivity contribution in [1.82, 2.24) is 4.98 Å². The molecule has 1 aromatic heterocycles. The van der Waals surface area contributed by atoms with Crippen molar-refractivity contribution in [2.45, 2.75) is 0 Å². The summed E-state index contributed by atoms with van der Waals surface area (Å²) in [5, 5.41) is 9.63. The monoisotopic (exact) mass is 269 g/mol. The number of aromatic hydroxyl groups is 1. The van der Waals surface area contributed by atoms with Crippen molar-refractivity contribution < 1.29 is 14.3 Å². The van der Waals surface area contributed by atoms with Crippen LogP contribution in [0, 0.1) is 0 Å². The van der Waals surface area contributed by atoms with Gasteiger partial charge in [0, 0.05) is 5.56 Å². The molecule has 20 heavy (non-hydrogen) atoms. The Morgan fingerprint density at radius 2 is 1.90 bits per heavy atom. The van der Waals surface area contributed by atoms with E-state index in [1.54, 1.807) is 37.4 Å². The van der Waals surface area contributed by atoms with Crippen LogP contribution in [-0.2, 0) is 0 Å². The van der Waals surface area contributed by atoms with Gasteiger partial charge in [-0.2, -0.15) is 0 Å². The minimum absolute atomic E-state index is 0.00352. The molecule has 0 aliphatic carbocycles. The Morgan fingerprint density at radius 1 is 1.15 bits per heavy atom. The molecule has 0 aliphatic heterocycles. The van der Waals surface area contributed by atoms with Gasteiger partial charge >= 0.3 is 5.63 Å². The Bertz CT molecular complexity index is 821. The maximum Gasteiger partial charge on any atom is 0.347 e. The second-order valence-corrected chi connectivity index (χ2v) is 4.24. The SMILES string of the molecule is COc1ccc(-c2nc3ccc(O)cc3c(=O)o2)cc1. The Labute approximate surface area is 114 Å². The summed E-state index contributed by atoms with van der Waals surface area (Å²) in [6.07, 6.45) is 0. The summed E-state index contributed by atoms with van der Waals surface area (Å²) in [6.45, 7) is 0. The molecule has 3 rings (SSSR count). The van der Waals surface area contributed by atoms with Crippen molar-refractivity contribution >= 4 is 10.9 Å². The van der Waals surface area contributed by atoms with Crippen molar-refractivity contribution in [1.29, 1.82) is 0 Å². The Kier molecular flexibility index (Phi) is 2.87. The molecule has 0 amide bonds. The molecule has 5 nitrogen and oxygen atoms in total. The van der Waals surface area contributed by atoms with Crippen LogP contribution in [0.3, 0.4) is 0 Å². The van der Waals surface area contributed by atoms with Crippen LogP contribution in [0.1, 0.15) is 0 Å². The first kappa shape index (κ1) is 12.2. The molecule has 0 radical (unpaired) electrons. The molecule has 1 heterocycles. The van der Waals surface area contributed by atoms with Crippen LogP contribution in [0.5, 0.6) is 11.5 Å². The molecule has 0 saturated carbocycles. The quantitative estimate of drug-likeness (QED) is 0.774. The highest BCUT2D eigenvalue weighted by atomic mass is 16.5. The lowest BCUT2D eigenvalue weighted by Gasteiger charge is -2.03. The van der Waals surface area contributed by atoms with Gasteiger partial charge in [0.1, 0.15) is 11.5 Å². The van der Waals surface area contributed by atoms with Crippen LogP contribution in [0.4, 0.5) is 0 Å². The number of methoxy groups -OCH3 is 1. The molecule has 5 heteroatoms. The Morgan fingerprint density at radius 3 is 2.60 bits per heavy atom. The van der Waals surface area contributed by atoms with Crippen molar-refractivity contribution in [2.24, 2.45) is 0 Å². The zero-order valence-electron chi connectivity index (χ0n) is 10.7. The van der Waals surface area contributed by atoms with Gasteiger partial charge in [-0.25, -0.2) is 9.78 Å². The molecule has 0 aliphatic rings. The molecule has 2 aromatic carbocycles. The highest BCUT2D eigenvalue weighted by Crippen LogP contribution is 2.22. The van der Waals surface area contributed by atoms with Gasteiger partial charge in [0.25, 0.3) is 0 Å². The fourth-order valence-electron chi connectivity index (χ4n) is 1.92. The lowest BCUT2D eigenvalue weighted by Crippen LogP contribution is -2.02. The number of phenols is 1. The first-order valence-electron chi connectivity index (χ1n) is 5.95. The zero-order valence-corrected chi connectivity index (χ0v) is 10.7. The van der Waals surface area contributed by atoms with Crippen LogP contribution in [0.15, 0.2) is 51.7 Å². The predicted octanol–water partition coefficient (Wildman–Crippen LogP) is 2.57. The van der Waals surface area contributed by atoms with Crippen molar-refractivity contribution in [3.8, 4) is 23.0 Å². The van der Waals surface area contributed by atoms with E-state index in [1.807, 2.05) is 0 Å². The van der Waals surface area contributed by atoms with Gasteiger partial charge in [0.05, 0.1) is 18.0 Å². The summed E-state index contributed by atoms with van der Waals surface area (Å²) in [7, 11) is 1.58. The number of hydrogen-bond donors (Lipinski definition) is 1. The third kappa shape index (κ3) is 2.09. The fraction of sp³-hybridized carbons (Fsp3) is 0.0667. The van der Waals surface area contributed by atoms with E-state index in [4.69, 9.17) is 9.15 Å². The fourth-order valence-corrected chi connectivity index (χ4v) is 1.92. The normalized spacial score (nSPS) is 10.7. The molecule has 0 fully saturated rings. The molecule has 1 N–H and O–H groups in total. The standard InChI is InChI=1S/C15H11NO4/c1-19-11-5-2-9(3-6-11)14-16-13-7-4-10(17)8-12(13)15(18)20-14/h2-8,17H,1H3. The van der Waals surface area contributed by atoms with E-state index in [0.29, 0.717) is 16.8 Å². The number of aromatic nitrogens is 1. The number of fused-ring (bicyclic) bond motifs is 1. The average Bonchev–Trinajstić information content (AvgIpc) is 2.48. The minimum Gasteiger partial charge on any atom is -0.508 e. The predicted molar refractivity (Wildman–Crippen MR) is 73.9 cm³/mol. The molecule has 0 bridgehead atoms. The van der Waals surface area contributed by atoms with E-state index in [0.717, 1.165) is 0 Å². The molecule has 0 unspecified atom stereocenters. The number of ether oxygens (including phenoxy) is 1. The molecular weight excluding hydrogens is 258 g/mol. The molecule has 0 atom stereocenters. The topological polar surface area (TPSA) is 72.6 Å². The summed E-state index contributed by atoms with van der Waals surface area (Å²) in [6, 6.07) is 11.4. The number of benzene rings is 2. The second kappa shape index (κ2) is 4.70. The van der Waals surface area contributed by atoms with Crippen LogP contribution in [-0.4, -0.2) is 17.2 Å². The van der Waals surface area contributed by atoms with Gasteiger partial charge in [-0.3, -0.25) is 0 Å². The Balaban J connectivity index is 2.16. The van der Waals surface area contributed by atoms with Gasteiger partial charge in [-0.15, -0.1) is 0 Å². The highest BCUT2D eigenvalue weighted by molar-refractivity contribution is 5.80. The first-order chi connectivity index (χ1) is 9.67. The number of phenolic OH excluding ortho intramolecular Hbond substituents is 1. The number of hydrogen-bond acceptors (Lipinski definition) is 5. The zero-order chi connectivity index (χ0) is 14.1. The summed E-state index contributed by atoms with van der Waals surface area (Å²) in [5.74, 6) is 0.946. The van der Waals surface area contributed by atoms with Gasteiger partial charge in [-0.05, 0) is 42.5 Å². The molecule has 0 saturated heterocycles. The summed E-state index contributed by atoms with van der Waals surface area (Å²) in [4.78, 5) is 16.2. The maximum absolute atomic E-state index is 11.9. The Hall–Kier alpha value is -2.82. The molecule has 100 valence electrons. The largest absolute Gasteiger partial charge is 0.508 e. The maximum atomic E-state index is 11.9. The molecule has 0 spiro atoms. The smallest absolute Gasteiger partial charge is 0.347 e. The van der Waals surface area contributed by atoms with Crippen molar-refractivity contribution in [2.75, 3.05) is 7.11 Å². The lowest BCUT2D eigenvalue weighted by atomic mass is 10.2. The minimum atomic E-state index is -0.531. The number of nitrogens with zero attached hydrogens (tertiary/aromatic N) is 1. The van der Waals surface area contributed by atoms with E-state index in [-0.39, 0.29) is 17.0 Å².